The maximum Gasteiger partial charge on any atom is 0.0708 e. The van der Waals surface area contributed by atoms with Crippen LogP contribution in [0.1, 0.15) is 6.92 Å². The maximum atomic E-state index is 5.12. The van der Waals surface area contributed by atoms with Crippen LogP contribution in [0.25, 0.3) is 0 Å². The SMILES string of the molecule is [B]CC=C(C)Br. The summed E-state index contributed by atoms with van der Waals surface area (Å²) in [4.78, 5) is 0. The molecule has 2 radical (unpaired) electrons. The molecule has 0 saturated carbocycles. The van der Waals surface area contributed by atoms with Crippen molar-refractivity contribution in [3.63, 3.8) is 0 Å². The lowest BCUT2D eigenvalue weighted by Gasteiger charge is -1.77. The number of allylic oxidation sites excluding steroid dienone is 2. The van der Waals surface area contributed by atoms with Crippen molar-refractivity contribution in [3.05, 3.63) is 10.6 Å². The summed E-state index contributed by atoms with van der Waals surface area (Å²) < 4.78 is 1.10. The van der Waals surface area contributed by atoms with E-state index < -0.39 is 0 Å². The van der Waals surface area contributed by atoms with Crippen LogP contribution in [0, 0.1) is 0 Å². The van der Waals surface area contributed by atoms with Gasteiger partial charge in [0.05, 0.1) is 7.85 Å². The summed E-state index contributed by atoms with van der Waals surface area (Å²) in [5.74, 6) is 0. The maximum absolute atomic E-state index is 5.12. The molecule has 0 saturated heterocycles. The lowest BCUT2D eigenvalue weighted by molar-refractivity contribution is 1.60. The van der Waals surface area contributed by atoms with E-state index in [4.69, 9.17) is 7.85 Å². The van der Waals surface area contributed by atoms with Crippen molar-refractivity contribution in [1.29, 1.82) is 0 Å². The highest BCUT2D eigenvalue weighted by Crippen LogP contribution is 2.01. The van der Waals surface area contributed by atoms with E-state index in [2.05, 4.69) is 15.9 Å². The predicted molar refractivity (Wildman–Crippen MR) is 33.2 cm³/mol. The highest BCUT2D eigenvalue weighted by Gasteiger charge is 1.70. The summed E-state index contributed by atoms with van der Waals surface area (Å²) in [6, 6.07) is 0. The molecule has 2 heteroatoms. The standard InChI is InChI=1S/C4H6BBr/c1-4(6)2-3-5/h2H,3H2,1H3. The van der Waals surface area contributed by atoms with Crippen LogP contribution in [-0.2, 0) is 0 Å². The first-order valence-electron chi connectivity index (χ1n) is 1.79. The molecular weight excluding hydrogens is 139 g/mol. The van der Waals surface area contributed by atoms with Crippen molar-refractivity contribution in [3.8, 4) is 0 Å². The van der Waals surface area contributed by atoms with Gasteiger partial charge in [-0.3, -0.25) is 0 Å². The van der Waals surface area contributed by atoms with Crippen LogP contribution in [0.4, 0.5) is 0 Å². The largest absolute Gasteiger partial charge is 0.0832 e. The Bertz CT molecular complexity index is 54.6. The molecule has 0 bridgehead atoms. The van der Waals surface area contributed by atoms with Gasteiger partial charge in [-0.1, -0.05) is 28.3 Å². The van der Waals surface area contributed by atoms with Crippen LogP contribution in [0.3, 0.4) is 0 Å². The zero-order valence-corrected chi connectivity index (χ0v) is 5.33. The molecule has 0 aliphatic heterocycles. The van der Waals surface area contributed by atoms with Gasteiger partial charge in [-0.05, 0) is 11.4 Å². The number of hydrogen-bond acceptors (Lipinski definition) is 0. The minimum absolute atomic E-state index is 0.622. The summed E-state index contributed by atoms with van der Waals surface area (Å²) >= 11 is 3.22. The van der Waals surface area contributed by atoms with E-state index in [9.17, 15) is 0 Å². The highest BCUT2D eigenvalue weighted by atomic mass is 79.9. The van der Waals surface area contributed by atoms with Gasteiger partial charge in [-0.2, -0.15) is 0 Å². The molecule has 0 heterocycles. The van der Waals surface area contributed by atoms with E-state index in [0.717, 1.165) is 4.48 Å². The van der Waals surface area contributed by atoms with Crippen molar-refractivity contribution in [1.82, 2.24) is 0 Å². The highest BCUT2D eigenvalue weighted by molar-refractivity contribution is 9.11. The Balaban J connectivity index is 3.14. The van der Waals surface area contributed by atoms with Crippen molar-refractivity contribution in [2.75, 3.05) is 0 Å². The Morgan fingerprint density at radius 3 is 2.50 bits per heavy atom. The van der Waals surface area contributed by atoms with Crippen LogP contribution >= 0.6 is 15.9 Å². The lowest BCUT2D eigenvalue weighted by atomic mass is 10.1. The minimum Gasteiger partial charge on any atom is -0.0832 e. The summed E-state index contributed by atoms with van der Waals surface area (Å²) in [5.41, 5.74) is 0. The fourth-order valence-corrected chi connectivity index (χ4v) is 0.349. The van der Waals surface area contributed by atoms with Crippen LogP contribution in [0.5, 0.6) is 0 Å². The van der Waals surface area contributed by atoms with E-state index in [1.165, 1.54) is 0 Å². The zero-order valence-electron chi connectivity index (χ0n) is 3.74. The number of rotatable bonds is 1. The molecule has 0 unspecified atom stereocenters. The van der Waals surface area contributed by atoms with Crippen molar-refractivity contribution < 1.29 is 0 Å². The fraction of sp³-hybridized carbons (Fsp3) is 0.500. The topological polar surface area (TPSA) is 0 Å². The van der Waals surface area contributed by atoms with Gasteiger partial charge in [-0.15, -0.1) is 0 Å². The average molecular weight is 145 g/mol. The second-order valence-corrected chi connectivity index (χ2v) is 2.28. The third kappa shape index (κ3) is 4.28. The summed E-state index contributed by atoms with van der Waals surface area (Å²) in [5, 5.41) is 0. The monoisotopic (exact) mass is 144 g/mol. The first kappa shape index (κ1) is 6.28. The Labute approximate surface area is 48.2 Å². The quantitative estimate of drug-likeness (QED) is 0.494. The van der Waals surface area contributed by atoms with Gasteiger partial charge in [-0.25, -0.2) is 0 Å². The summed E-state index contributed by atoms with van der Waals surface area (Å²) in [6.45, 7) is 1.95. The van der Waals surface area contributed by atoms with Gasteiger partial charge >= 0.3 is 0 Å². The van der Waals surface area contributed by atoms with E-state index in [1.54, 1.807) is 0 Å². The smallest absolute Gasteiger partial charge is 0.0708 e. The molecule has 0 spiro atoms. The van der Waals surface area contributed by atoms with Gasteiger partial charge in [0.1, 0.15) is 0 Å². The number of hydrogen-bond donors (Lipinski definition) is 0. The molecule has 0 amide bonds. The molecule has 32 valence electrons. The van der Waals surface area contributed by atoms with Gasteiger partial charge in [0.2, 0.25) is 0 Å². The molecule has 0 aromatic carbocycles. The second-order valence-electron chi connectivity index (χ2n) is 1.03. The van der Waals surface area contributed by atoms with Gasteiger partial charge in [0.15, 0.2) is 0 Å². The Hall–Kier alpha value is 0.285. The van der Waals surface area contributed by atoms with Crippen molar-refractivity contribution >= 4 is 23.8 Å². The Kier molecular flexibility index (Phi) is 3.64. The van der Waals surface area contributed by atoms with Gasteiger partial charge in [0.25, 0.3) is 0 Å². The van der Waals surface area contributed by atoms with E-state index in [0.29, 0.717) is 6.32 Å². The average Bonchev–Trinajstić information content (AvgIpc) is 1.35. The van der Waals surface area contributed by atoms with Crippen molar-refractivity contribution in [2.24, 2.45) is 0 Å². The third-order valence-corrected chi connectivity index (χ3v) is 0.723. The molecule has 0 atom stereocenters. The predicted octanol–water partition coefficient (Wildman–Crippen LogP) is 1.87. The molecule has 0 nitrogen and oxygen atoms in total. The van der Waals surface area contributed by atoms with E-state index in [1.807, 2.05) is 13.0 Å². The van der Waals surface area contributed by atoms with E-state index in [-0.39, 0.29) is 0 Å². The molecule has 0 N–H and O–H groups in total. The first-order valence-corrected chi connectivity index (χ1v) is 2.59. The molecule has 6 heavy (non-hydrogen) atoms. The number of halogens is 1. The first-order chi connectivity index (χ1) is 2.77. The van der Waals surface area contributed by atoms with Crippen LogP contribution < -0.4 is 0 Å². The molecule has 0 fully saturated rings. The molecule has 0 aliphatic rings. The molecule has 0 aromatic rings. The Morgan fingerprint density at radius 2 is 2.50 bits per heavy atom. The minimum atomic E-state index is 0.622. The summed E-state index contributed by atoms with van der Waals surface area (Å²) in [7, 11) is 5.12. The van der Waals surface area contributed by atoms with Gasteiger partial charge < -0.3 is 0 Å². The van der Waals surface area contributed by atoms with Crippen LogP contribution in [0.15, 0.2) is 10.6 Å². The fourth-order valence-electron chi connectivity index (χ4n) is 0.162. The molecule has 0 rings (SSSR count). The van der Waals surface area contributed by atoms with Crippen LogP contribution in [0.2, 0.25) is 6.32 Å². The van der Waals surface area contributed by atoms with E-state index >= 15 is 0 Å². The molecule has 0 aliphatic carbocycles. The summed E-state index contributed by atoms with van der Waals surface area (Å²) in [6.07, 6.45) is 2.52. The lowest BCUT2D eigenvalue weighted by Crippen LogP contribution is -1.57. The van der Waals surface area contributed by atoms with Crippen LogP contribution in [-0.4, -0.2) is 7.85 Å². The molecular formula is C4H6BBr. The second kappa shape index (κ2) is 3.47. The zero-order chi connectivity index (χ0) is 4.99. The van der Waals surface area contributed by atoms with Crippen molar-refractivity contribution in [2.45, 2.75) is 13.2 Å². The third-order valence-electron chi connectivity index (χ3n) is 0.399. The van der Waals surface area contributed by atoms with Gasteiger partial charge in [0, 0.05) is 0 Å². The molecule has 0 aromatic heterocycles. The normalized spacial score (nSPS) is 12.0. The Morgan fingerprint density at radius 1 is 2.00 bits per heavy atom.